The van der Waals surface area contributed by atoms with Crippen LogP contribution in [0.1, 0.15) is 25.7 Å². The maximum absolute atomic E-state index is 12.0. The van der Waals surface area contributed by atoms with Crippen molar-refractivity contribution in [1.82, 2.24) is 9.80 Å². The van der Waals surface area contributed by atoms with Crippen LogP contribution in [0.2, 0.25) is 0 Å². The first-order valence-corrected chi connectivity index (χ1v) is 6.58. The summed E-state index contributed by atoms with van der Waals surface area (Å²) in [5.74, 6) is -1.01. The van der Waals surface area contributed by atoms with Gasteiger partial charge >= 0.3 is 5.97 Å². The Morgan fingerprint density at radius 3 is 2.33 bits per heavy atom. The number of carboxylic acid groups (broad SMARTS) is 1. The second kappa shape index (κ2) is 5.67. The molecule has 1 unspecified atom stereocenters. The lowest BCUT2D eigenvalue weighted by molar-refractivity contribution is -0.138. The predicted molar refractivity (Wildman–Crippen MR) is 66.0 cm³/mol. The van der Waals surface area contributed by atoms with Crippen LogP contribution in [-0.2, 0) is 9.59 Å². The van der Waals surface area contributed by atoms with E-state index in [9.17, 15) is 9.59 Å². The molecule has 2 fully saturated rings. The average Bonchev–Trinajstić information content (AvgIpc) is 3.19. The van der Waals surface area contributed by atoms with Crippen molar-refractivity contribution < 1.29 is 14.7 Å². The van der Waals surface area contributed by atoms with Gasteiger partial charge in [-0.25, -0.2) is 0 Å². The quantitative estimate of drug-likeness (QED) is 0.690. The normalized spacial score (nSPS) is 22.8. The van der Waals surface area contributed by atoms with Crippen LogP contribution >= 0.6 is 0 Å². The standard InChI is InChI=1S/C12H21N3O3/c13-10(3-4-11(16)17)12(18)15-7-5-14(6-8-15)9-1-2-9/h9-10H,1-8,13H2,(H,16,17). The number of amides is 1. The van der Waals surface area contributed by atoms with Gasteiger partial charge in [-0.2, -0.15) is 0 Å². The minimum absolute atomic E-state index is 0.0467. The van der Waals surface area contributed by atoms with Crippen LogP contribution in [0.3, 0.4) is 0 Å². The zero-order chi connectivity index (χ0) is 13.1. The molecule has 0 spiro atoms. The number of carbonyl (C=O) groups excluding carboxylic acids is 1. The minimum atomic E-state index is -0.906. The minimum Gasteiger partial charge on any atom is -0.481 e. The van der Waals surface area contributed by atoms with Crippen LogP contribution in [0.15, 0.2) is 0 Å². The summed E-state index contributed by atoms with van der Waals surface area (Å²) in [5.41, 5.74) is 5.73. The molecule has 6 nitrogen and oxygen atoms in total. The first kappa shape index (κ1) is 13.3. The molecule has 102 valence electrons. The number of carbonyl (C=O) groups is 2. The Hall–Kier alpha value is -1.14. The second-order valence-electron chi connectivity index (χ2n) is 5.13. The van der Waals surface area contributed by atoms with E-state index in [4.69, 9.17) is 10.8 Å². The molecule has 1 saturated carbocycles. The maximum Gasteiger partial charge on any atom is 0.303 e. The monoisotopic (exact) mass is 255 g/mol. The highest BCUT2D eigenvalue weighted by Crippen LogP contribution is 2.27. The molecule has 0 radical (unpaired) electrons. The van der Waals surface area contributed by atoms with E-state index >= 15 is 0 Å². The van der Waals surface area contributed by atoms with Crippen LogP contribution < -0.4 is 5.73 Å². The fourth-order valence-corrected chi connectivity index (χ4v) is 2.38. The summed E-state index contributed by atoms with van der Waals surface area (Å²) >= 11 is 0. The zero-order valence-corrected chi connectivity index (χ0v) is 10.5. The molecule has 0 aromatic rings. The summed E-state index contributed by atoms with van der Waals surface area (Å²) < 4.78 is 0. The molecule has 2 aliphatic rings. The van der Waals surface area contributed by atoms with Crippen molar-refractivity contribution in [2.24, 2.45) is 5.73 Å². The maximum atomic E-state index is 12.0. The van der Waals surface area contributed by atoms with Gasteiger partial charge in [-0.3, -0.25) is 14.5 Å². The summed E-state index contributed by atoms with van der Waals surface area (Å²) in [6.45, 7) is 3.27. The lowest BCUT2D eigenvalue weighted by Gasteiger charge is -2.36. The van der Waals surface area contributed by atoms with Gasteiger partial charge in [-0.05, 0) is 19.3 Å². The number of carboxylic acids is 1. The van der Waals surface area contributed by atoms with Crippen molar-refractivity contribution in [3.63, 3.8) is 0 Å². The zero-order valence-electron chi connectivity index (χ0n) is 10.5. The van der Waals surface area contributed by atoms with Gasteiger partial charge in [0.2, 0.25) is 5.91 Å². The molecule has 2 rings (SSSR count). The van der Waals surface area contributed by atoms with Gasteiger partial charge in [0.15, 0.2) is 0 Å². The van der Waals surface area contributed by atoms with Crippen molar-refractivity contribution in [2.45, 2.75) is 37.8 Å². The Morgan fingerprint density at radius 1 is 1.22 bits per heavy atom. The smallest absolute Gasteiger partial charge is 0.303 e. The van der Waals surface area contributed by atoms with E-state index in [1.807, 2.05) is 0 Å². The second-order valence-corrected chi connectivity index (χ2v) is 5.13. The Kier molecular flexibility index (Phi) is 4.19. The van der Waals surface area contributed by atoms with Gasteiger partial charge in [-0.15, -0.1) is 0 Å². The van der Waals surface area contributed by atoms with Gasteiger partial charge in [0, 0.05) is 38.6 Å². The fraction of sp³-hybridized carbons (Fsp3) is 0.833. The highest BCUT2D eigenvalue weighted by Gasteiger charge is 2.33. The third kappa shape index (κ3) is 3.43. The van der Waals surface area contributed by atoms with Crippen LogP contribution in [0, 0.1) is 0 Å². The van der Waals surface area contributed by atoms with Crippen LogP contribution in [0.4, 0.5) is 0 Å². The van der Waals surface area contributed by atoms with E-state index in [2.05, 4.69) is 4.90 Å². The van der Waals surface area contributed by atoms with E-state index in [0.29, 0.717) is 0 Å². The van der Waals surface area contributed by atoms with Crippen molar-refractivity contribution >= 4 is 11.9 Å². The van der Waals surface area contributed by atoms with Gasteiger partial charge < -0.3 is 15.7 Å². The summed E-state index contributed by atoms with van der Waals surface area (Å²) in [5, 5.41) is 8.57. The molecule has 0 aromatic heterocycles. The van der Waals surface area contributed by atoms with Crippen LogP contribution in [-0.4, -0.2) is 65.0 Å². The topological polar surface area (TPSA) is 86.9 Å². The third-order valence-corrected chi connectivity index (χ3v) is 3.68. The fourth-order valence-electron chi connectivity index (χ4n) is 2.38. The lowest BCUT2D eigenvalue weighted by atomic mass is 10.1. The van der Waals surface area contributed by atoms with E-state index in [1.165, 1.54) is 12.8 Å². The molecule has 1 amide bonds. The third-order valence-electron chi connectivity index (χ3n) is 3.68. The van der Waals surface area contributed by atoms with Crippen molar-refractivity contribution in [2.75, 3.05) is 26.2 Å². The predicted octanol–water partition coefficient (Wildman–Crippen LogP) is -0.515. The van der Waals surface area contributed by atoms with Gasteiger partial charge in [-0.1, -0.05) is 0 Å². The van der Waals surface area contributed by atoms with Gasteiger partial charge in [0.05, 0.1) is 6.04 Å². The Bertz CT molecular complexity index is 323. The van der Waals surface area contributed by atoms with E-state index in [-0.39, 0.29) is 18.7 Å². The number of piperazine rings is 1. The summed E-state index contributed by atoms with van der Waals surface area (Å²) in [7, 11) is 0. The molecule has 18 heavy (non-hydrogen) atoms. The highest BCUT2D eigenvalue weighted by atomic mass is 16.4. The van der Waals surface area contributed by atoms with E-state index in [0.717, 1.165) is 32.2 Å². The molecule has 1 aliphatic heterocycles. The summed E-state index contributed by atoms with van der Waals surface area (Å²) in [6, 6.07) is 0.0662. The lowest BCUT2D eigenvalue weighted by Crippen LogP contribution is -2.53. The molecular formula is C12H21N3O3. The Labute approximate surface area is 107 Å². The largest absolute Gasteiger partial charge is 0.481 e. The van der Waals surface area contributed by atoms with Crippen molar-refractivity contribution in [1.29, 1.82) is 0 Å². The van der Waals surface area contributed by atoms with Gasteiger partial charge in [0.25, 0.3) is 0 Å². The van der Waals surface area contributed by atoms with E-state index in [1.54, 1.807) is 4.90 Å². The number of hydrogen-bond donors (Lipinski definition) is 2. The van der Waals surface area contributed by atoms with E-state index < -0.39 is 12.0 Å². The first-order chi connectivity index (χ1) is 8.58. The average molecular weight is 255 g/mol. The molecule has 1 atom stereocenters. The molecule has 0 bridgehead atoms. The highest BCUT2D eigenvalue weighted by molar-refractivity contribution is 5.82. The van der Waals surface area contributed by atoms with Crippen LogP contribution in [0.5, 0.6) is 0 Å². The number of nitrogens with two attached hydrogens (primary N) is 1. The molecule has 1 aliphatic carbocycles. The number of aliphatic carboxylic acids is 1. The summed E-state index contributed by atoms with van der Waals surface area (Å²) in [6.07, 6.45) is 2.74. The molecule has 1 saturated heterocycles. The molecule has 3 N–H and O–H groups in total. The van der Waals surface area contributed by atoms with Gasteiger partial charge in [0.1, 0.15) is 0 Å². The van der Waals surface area contributed by atoms with Crippen molar-refractivity contribution in [3.05, 3.63) is 0 Å². The molecule has 0 aromatic carbocycles. The molecule has 1 heterocycles. The Balaban J connectivity index is 1.73. The molecular weight excluding hydrogens is 234 g/mol. The SMILES string of the molecule is NC(CCC(=O)O)C(=O)N1CCN(C2CC2)CC1. The first-order valence-electron chi connectivity index (χ1n) is 6.58. The molecule has 6 heteroatoms. The number of hydrogen-bond acceptors (Lipinski definition) is 4. The van der Waals surface area contributed by atoms with Crippen molar-refractivity contribution in [3.8, 4) is 0 Å². The summed E-state index contributed by atoms with van der Waals surface area (Å²) in [4.78, 5) is 26.6. The Morgan fingerprint density at radius 2 is 1.83 bits per heavy atom. The number of rotatable bonds is 5. The number of nitrogens with zero attached hydrogens (tertiary/aromatic N) is 2. The van der Waals surface area contributed by atoms with Crippen LogP contribution in [0.25, 0.3) is 0 Å².